The van der Waals surface area contributed by atoms with E-state index in [1.54, 1.807) is 23.1 Å². The van der Waals surface area contributed by atoms with Crippen LogP contribution in [0.3, 0.4) is 0 Å². The third-order valence-corrected chi connectivity index (χ3v) is 5.67. The lowest BCUT2D eigenvalue weighted by molar-refractivity contribution is 0.0742. The number of pyridine rings is 1. The molecule has 0 bridgehead atoms. The van der Waals surface area contributed by atoms with Crippen LogP contribution in [0.1, 0.15) is 15.9 Å². The molecule has 0 atom stereocenters. The standard InChI is InChI=1S/C24H21N3O3/c1-16-14-22(25-20-8-4-3-7-18(16)20)26-10-12-27(13-11-26)23(28)19-15-17-6-2-5-9-21(17)30-24(19)29/h2-9,14-15H,10-13H2,1H3. The number of aryl methyl sites for hydroxylation is 1. The topological polar surface area (TPSA) is 66.7 Å². The van der Waals surface area contributed by atoms with Gasteiger partial charge in [-0.15, -0.1) is 0 Å². The normalized spacial score (nSPS) is 14.4. The van der Waals surface area contributed by atoms with Crippen molar-refractivity contribution in [3.05, 3.63) is 82.2 Å². The van der Waals surface area contributed by atoms with E-state index in [0.29, 0.717) is 31.8 Å². The number of hydrogen-bond donors (Lipinski definition) is 0. The second-order valence-corrected chi connectivity index (χ2v) is 7.58. The van der Waals surface area contributed by atoms with Gasteiger partial charge in [-0.05, 0) is 36.8 Å². The minimum Gasteiger partial charge on any atom is -0.422 e. The molecule has 6 heteroatoms. The summed E-state index contributed by atoms with van der Waals surface area (Å²) in [5.74, 6) is 0.639. The molecule has 1 fully saturated rings. The van der Waals surface area contributed by atoms with Crippen molar-refractivity contribution >= 4 is 33.6 Å². The molecule has 0 spiro atoms. The Kier molecular flexibility index (Phi) is 4.47. The number of anilines is 1. The highest BCUT2D eigenvalue weighted by molar-refractivity contribution is 5.96. The minimum absolute atomic E-state index is 0.0850. The Labute approximate surface area is 173 Å². The molecule has 1 saturated heterocycles. The predicted molar refractivity (Wildman–Crippen MR) is 117 cm³/mol. The number of rotatable bonds is 2. The molecule has 0 radical (unpaired) electrons. The van der Waals surface area contributed by atoms with E-state index in [4.69, 9.17) is 9.40 Å². The lowest BCUT2D eigenvalue weighted by Gasteiger charge is -2.35. The number of hydrogen-bond acceptors (Lipinski definition) is 5. The number of carbonyl (C=O) groups excluding carboxylic acids is 1. The number of aromatic nitrogens is 1. The largest absolute Gasteiger partial charge is 0.422 e. The summed E-state index contributed by atoms with van der Waals surface area (Å²) >= 11 is 0. The van der Waals surface area contributed by atoms with Crippen molar-refractivity contribution in [2.24, 2.45) is 0 Å². The van der Waals surface area contributed by atoms with Crippen molar-refractivity contribution in [3.8, 4) is 0 Å². The van der Waals surface area contributed by atoms with Crippen molar-refractivity contribution in [1.82, 2.24) is 9.88 Å². The highest BCUT2D eigenvalue weighted by Gasteiger charge is 2.25. The SMILES string of the molecule is Cc1cc(N2CCN(C(=O)c3cc4ccccc4oc3=O)CC2)nc2ccccc12. The van der Waals surface area contributed by atoms with Gasteiger partial charge in [-0.1, -0.05) is 36.4 Å². The Bertz CT molecular complexity index is 1320. The molecule has 150 valence electrons. The zero-order chi connectivity index (χ0) is 20.7. The van der Waals surface area contributed by atoms with Crippen molar-refractivity contribution < 1.29 is 9.21 Å². The molecule has 0 N–H and O–H groups in total. The molecule has 4 aromatic rings. The van der Waals surface area contributed by atoms with Crippen LogP contribution in [-0.2, 0) is 0 Å². The van der Waals surface area contributed by atoms with Gasteiger partial charge in [0.1, 0.15) is 17.0 Å². The highest BCUT2D eigenvalue weighted by Crippen LogP contribution is 2.23. The third kappa shape index (κ3) is 3.20. The summed E-state index contributed by atoms with van der Waals surface area (Å²) in [4.78, 5) is 34.0. The van der Waals surface area contributed by atoms with Crippen LogP contribution in [0.2, 0.25) is 0 Å². The van der Waals surface area contributed by atoms with Gasteiger partial charge < -0.3 is 14.2 Å². The van der Waals surface area contributed by atoms with Crippen LogP contribution in [0.4, 0.5) is 5.82 Å². The number of amides is 1. The Morgan fingerprint density at radius 1 is 0.967 bits per heavy atom. The van der Waals surface area contributed by atoms with Crippen LogP contribution < -0.4 is 10.5 Å². The minimum atomic E-state index is -0.590. The first-order chi connectivity index (χ1) is 14.6. The molecule has 1 aliphatic rings. The molecule has 6 nitrogen and oxygen atoms in total. The summed E-state index contributed by atoms with van der Waals surface area (Å²) in [6.45, 7) is 4.47. The van der Waals surface area contributed by atoms with E-state index >= 15 is 0 Å². The fraction of sp³-hybridized carbons (Fsp3) is 0.208. The van der Waals surface area contributed by atoms with Gasteiger partial charge in [0.2, 0.25) is 0 Å². The van der Waals surface area contributed by atoms with Gasteiger partial charge in [0.25, 0.3) is 5.91 Å². The average molecular weight is 399 g/mol. The van der Waals surface area contributed by atoms with Gasteiger partial charge in [0.05, 0.1) is 5.52 Å². The summed E-state index contributed by atoms with van der Waals surface area (Å²) in [5.41, 5.74) is 2.14. The van der Waals surface area contributed by atoms with E-state index in [0.717, 1.165) is 22.1 Å². The molecule has 0 unspecified atom stereocenters. The predicted octanol–water partition coefficient (Wildman–Crippen LogP) is 3.61. The second kappa shape index (κ2) is 7.30. The lowest BCUT2D eigenvalue weighted by Crippen LogP contribution is -2.49. The molecule has 2 aromatic heterocycles. The smallest absolute Gasteiger partial charge is 0.349 e. The van der Waals surface area contributed by atoms with Crippen LogP contribution in [0.15, 0.2) is 69.9 Å². The summed E-state index contributed by atoms with van der Waals surface area (Å²) in [5, 5.41) is 1.90. The van der Waals surface area contributed by atoms with Crippen molar-refractivity contribution in [2.75, 3.05) is 31.1 Å². The fourth-order valence-electron chi connectivity index (χ4n) is 4.01. The molecule has 1 amide bonds. The summed E-state index contributed by atoms with van der Waals surface area (Å²) in [6.07, 6.45) is 0. The Morgan fingerprint density at radius 2 is 1.70 bits per heavy atom. The fourth-order valence-corrected chi connectivity index (χ4v) is 4.01. The van der Waals surface area contributed by atoms with E-state index in [2.05, 4.69) is 24.0 Å². The third-order valence-electron chi connectivity index (χ3n) is 5.67. The average Bonchev–Trinajstić information content (AvgIpc) is 2.78. The number of benzene rings is 2. The maximum absolute atomic E-state index is 13.0. The number of piperazine rings is 1. The van der Waals surface area contributed by atoms with Gasteiger partial charge >= 0.3 is 5.63 Å². The van der Waals surface area contributed by atoms with Crippen molar-refractivity contribution in [2.45, 2.75) is 6.92 Å². The molecular formula is C24H21N3O3. The summed E-state index contributed by atoms with van der Waals surface area (Å²) < 4.78 is 5.33. The monoisotopic (exact) mass is 399 g/mol. The number of fused-ring (bicyclic) bond motifs is 2. The maximum atomic E-state index is 13.0. The van der Waals surface area contributed by atoms with Gasteiger partial charge in [0, 0.05) is 37.0 Å². The van der Waals surface area contributed by atoms with E-state index in [9.17, 15) is 9.59 Å². The maximum Gasteiger partial charge on any atom is 0.349 e. The van der Waals surface area contributed by atoms with Crippen molar-refractivity contribution in [3.63, 3.8) is 0 Å². The van der Waals surface area contributed by atoms with Crippen LogP contribution >= 0.6 is 0 Å². The molecule has 2 aromatic carbocycles. The summed E-state index contributed by atoms with van der Waals surface area (Å²) in [7, 11) is 0. The lowest BCUT2D eigenvalue weighted by atomic mass is 10.1. The van der Waals surface area contributed by atoms with Gasteiger partial charge in [0.15, 0.2) is 0 Å². The molecule has 1 aliphatic heterocycles. The first-order valence-electron chi connectivity index (χ1n) is 10.0. The zero-order valence-corrected chi connectivity index (χ0v) is 16.7. The van der Waals surface area contributed by atoms with E-state index in [1.807, 2.05) is 30.3 Å². The van der Waals surface area contributed by atoms with E-state index in [-0.39, 0.29) is 11.5 Å². The number of carbonyl (C=O) groups is 1. The second-order valence-electron chi connectivity index (χ2n) is 7.58. The van der Waals surface area contributed by atoms with Gasteiger partial charge in [-0.3, -0.25) is 4.79 Å². The first kappa shape index (κ1) is 18.4. The molecule has 0 saturated carbocycles. The summed E-state index contributed by atoms with van der Waals surface area (Å²) in [6, 6.07) is 19.0. The molecule has 3 heterocycles. The van der Waals surface area contributed by atoms with Crippen LogP contribution in [0.5, 0.6) is 0 Å². The first-order valence-corrected chi connectivity index (χ1v) is 10.0. The van der Waals surface area contributed by atoms with Crippen LogP contribution in [0.25, 0.3) is 21.9 Å². The number of para-hydroxylation sites is 2. The number of nitrogens with zero attached hydrogens (tertiary/aromatic N) is 3. The zero-order valence-electron chi connectivity index (χ0n) is 16.7. The van der Waals surface area contributed by atoms with Crippen molar-refractivity contribution in [1.29, 1.82) is 0 Å². The van der Waals surface area contributed by atoms with E-state index < -0.39 is 5.63 Å². The van der Waals surface area contributed by atoms with Crippen LogP contribution in [-0.4, -0.2) is 42.0 Å². The molecule has 30 heavy (non-hydrogen) atoms. The Hall–Kier alpha value is -3.67. The molecule has 5 rings (SSSR count). The van der Waals surface area contributed by atoms with Gasteiger partial charge in [-0.2, -0.15) is 0 Å². The highest BCUT2D eigenvalue weighted by atomic mass is 16.4. The van der Waals surface area contributed by atoms with Gasteiger partial charge in [-0.25, -0.2) is 9.78 Å². The van der Waals surface area contributed by atoms with Crippen LogP contribution in [0, 0.1) is 6.92 Å². The Balaban J connectivity index is 1.35. The van der Waals surface area contributed by atoms with E-state index in [1.165, 1.54) is 5.56 Å². The Morgan fingerprint density at radius 3 is 2.53 bits per heavy atom. The molecule has 0 aliphatic carbocycles. The molecular weight excluding hydrogens is 378 g/mol. The quantitative estimate of drug-likeness (QED) is 0.482.